The number of fused-ring (bicyclic) bond motifs is 3. The highest BCUT2D eigenvalue weighted by atomic mass is 35.5. The number of halogens is 3. The molecule has 5 heterocycles. The van der Waals surface area contributed by atoms with Gasteiger partial charge in [-0.3, -0.25) is 24.3 Å². The maximum atomic E-state index is 14.1. The predicted molar refractivity (Wildman–Crippen MR) is 235 cm³/mol. The molecule has 2 aliphatic heterocycles. The molecule has 13 nitrogen and oxygen atoms in total. The number of nitrogens with one attached hydrogen (secondary N) is 2. The van der Waals surface area contributed by atoms with Gasteiger partial charge in [0, 0.05) is 66.7 Å². The fraction of sp³-hybridized carbons (Fsp3) is 0.391. The number of ether oxygens (including phenoxy) is 1. The highest BCUT2D eigenvalue weighted by molar-refractivity contribution is 7.91. The second-order valence-electron chi connectivity index (χ2n) is 17.5. The van der Waals surface area contributed by atoms with Crippen LogP contribution in [0.2, 0.25) is 5.02 Å². The van der Waals surface area contributed by atoms with Crippen molar-refractivity contribution in [1.29, 1.82) is 0 Å². The number of nitrogens with zero attached hydrogens (tertiary/aromatic N) is 5. The first-order chi connectivity index (χ1) is 30.2. The minimum absolute atomic E-state index is 0.0502. The van der Waals surface area contributed by atoms with Crippen LogP contribution in [0.1, 0.15) is 67.3 Å². The van der Waals surface area contributed by atoms with Gasteiger partial charge in [0.2, 0.25) is 21.8 Å². The van der Waals surface area contributed by atoms with E-state index in [1.165, 1.54) is 0 Å². The Morgan fingerprint density at radius 1 is 1.05 bits per heavy atom. The fourth-order valence-corrected chi connectivity index (χ4v) is 11.1. The average molecular weight is 898 g/mol. The third kappa shape index (κ3) is 7.79. The van der Waals surface area contributed by atoms with Crippen molar-refractivity contribution in [2.45, 2.75) is 82.4 Å². The van der Waals surface area contributed by atoms with E-state index in [9.17, 15) is 27.1 Å². The fourth-order valence-electron chi connectivity index (χ4n) is 9.48. The summed E-state index contributed by atoms with van der Waals surface area (Å²) in [4.78, 5) is 31.6. The molecule has 6 aromatic rings. The number of likely N-dealkylation sites (tertiary alicyclic amines) is 2. The zero-order valence-corrected chi connectivity index (χ0v) is 36.3. The number of aliphatic hydroxyl groups excluding tert-OH is 1. The lowest BCUT2D eigenvalue weighted by Crippen LogP contribution is -2.42. The van der Waals surface area contributed by atoms with Crippen LogP contribution in [0.5, 0.6) is 5.75 Å². The molecule has 328 valence electrons. The zero-order valence-electron chi connectivity index (χ0n) is 34.7. The number of hydrogen-bond donors (Lipinski definition) is 3. The van der Waals surface area contributed by atoms with E-state index in [1.807, 2.05) is 61.7 Å². The second-order valence-corrected chi connectivity index (χ2v) is 20.1. The summed E-state index contributed by atoms with van der Waals surface area (Å²) >= 11 is 7.16. The topological polar surface area (TPSA) is 163 Å². The lowest BCUT2D eigenvalue weighted by Gasteiger charge is -2.25. The van der Waals surface area contributed by atoms with E-state index in [2.05, 4.69) is 30.9 Å². The second kappa shape index (κ2) is 16.1. The summed E-state index contributed by atoms with van der Waals surface area (Å²) in [6.45, 7) is 3.53. The normalized spacial score (nSPS) is 21.1. The van der Waals surface area contributed by atoms with E-state index < -0.39 is 33.2 Å². The van der Waals surface area contributed by atoms with Gasteiger partial charge in [0.05, 0.1) is 27.5 Å². The number of aliphatic hydroxyl groups is 1. The Kier molecular flexibility index (Phi) is 10.6. The molecule has 0 bridgehead atoms. The van der Waals surface area contributed by atoms with Crippen LogP contribution >= 0.6 is 11.6 Å². The van der Waals surface area contributed by atoms with Crippen LogP contribution in [0.15, 0.2) is 71.4 Å². The van der Waals surface area contributed by atoms with Gasteiger partial charge in [-0.2, -0.15) is 8.78 Å². The molecule has 0 spiro atoms. The molecular weight excluding hydrogens is 852 g/mol. The Labute approximate surface area is 367 Å². The minimum atomic E-state index is -3.76. The van der Waals surface area contributed by atoms with Crippen LogP contribution in [0.3, 0.4) is 0 Å². The number of anilines is 2. The summed E-state index contributed by atoms with van der Waals surface area (Å²) in [6, 6.07) is 17.0. The number of pyridine rings is 2. The van der Waals surface area contributed by atoms with Gasteiger partial charge in [0.25, 0.3) is 0 Å². The summed E-state index contributed by atoms with van der Waals surface area (Å²) in [5, 5.41) is 14.7. The standard InChI is InChI=1S/C46H46ClF2N7O6S/c1-25-30(32-7-4-8-35(38(32)47)52-42-39-27(11-16-50-42)19-26(21-51-39)22-55-17-13-29(57)24-55)5-3-6-31(25)44-53-36-20-34-33(40(41(36)61-44)62-45(48)49)9-10-37(34)56-18-12-28(23-56)43(58)54-63(59,60)46(2)14-15-46/h3-8,11,16,19-21,28-29,37,45,57H,9-10,12-15,17-18,22-24H2,1-2H3,(H,50,52)(H,54,58)/t28-,29-,37-/m1/s1. The Morgan fingerprint density at radius 3 is 2.62 bits per heavy atom. The highest BCUT2D eigenvalue weighted by Gasteiger charge is 2.51. The average Bonchev–Trinajstić information content (AvgIpc) is 3.71. The molecule has 3 N–H and O–H groups in total. The van der Waals surface area contributed by atoms with Gasteiger partial charge in [-0.1, -0.05) is 35.9 Å². The Morgan fingerprint density at radius 2 is 1.84 bits per heavy atom. The number of β-amino-alcohol motifs (C(OH)–C–C–N with tert-alkyl or cyclic N) is 1. The van der Waals surface area contributed by atoms with Crippen molar-refractivity contribution in [3.05, 3.63) is 94.3 Å². The molecule has 2 aliphatic carbocycles. The van der Waals surface area contributed by atoms with Crippen molar-refractivity contribution < 1.29 is 36.3 Å². The first-order valence-electron chi connectivity index (χ1n) is 21.3. The van der Waals surface area contributed by atoms with Gasteiger partial charge < -0.3 is 19.6 Å². The van der Waals surface area contributed by atoms with Gasteiger partial charge >= 0.3 is 6.61 Å². The molecule has 0 unspecified atom stereocenters. The number of alkyl halides is 2. The zero-order chi connectivity index (χ0) is 43.8. The molecule has 1 amide bonds. The molecule has 63 heavy (non-hydrogen) atoms. The molecule has 3 atom stereocenters. The van der Waals surface area contributed by atoms with Crippen molar-refractivity contribution >= 4 is 61.0 Å². The third-order valence-corrected chi connectivity index (χ3v) is 15.9. The maximum absolute atomic E-state index is 14.1. The van der Waals surface area contributed by atoms with Gasteiger partial charge in [0.15, 0.2) is 17.2 Å². The number of sulfonamides is 1. The molecule has 3 aromatic heterocycles. The van der Waals surface area contributed by atoms with Crippen molar-refractivity contribution in [3.63, 3.8) is 0 Å². The maximum Gasteiger partial charge on any atom is 0.387 e. The molecule has 1 saturated carbocycles. The predicted octanol–water partition coefficient (Wildman–Crippen LogP) is 8.29. The van der Waals surface area contributed by atoms with Crippen LogP contribution in [-0.4, -0.2) is 87.8 Å². The molecule has 10 rings (SSSR count). The van der Waals surface area contributed by atoms with E-state index >= 15 is 0 Å². The van der Waals surface area contributed by atoms with Crippen LogP contribution in [-0.2, 0) is 27.8 Å². The Balaban J connectivity index is 0.920. The molecule has 3 aromatic carbocycles. The van der Waals surface area contributed by atoms with Crippen LogP contribution in [0.25, 0.3) is 44.6 Å². The molecule has 0 radical (unpaired) electrons. The largest absolute Gasteiger partial charge is 0.432 e. The third-order valence-electron chi connectivity index (χ3n) is 13.3. The van der Waals surface area contributed by atoms with E-state index in [4.69, 9.17) is 30.7 Å². The van der Waals surface area contributed by atoms with Crippen LogP contribution < -0.4 is 14.8 Å². The molecule has 4 aliphatic rings. The van der Waals surface area contributed by atoms with Crippen LogP contribution in [0.4, 0.5) is 20.3 Å². The number of hydrogen-bond acceptors (Lipinski definition) is 12. The summed E-state index contributed by atoms with van der Waals surface area (Å²) in [5.41, 5.74) is 7.20. The summed E-state index contributed by atoms with van der Waals surface area (Å²) in [5.74, 6) is -0.303. The molecule has 2 saturated heterocycles. The van der Waals surface area contributed by atoms with Crippen molar-refractivity contribution in [2.24, 2.45) is 5.92 Å². The highest BCUT2D eigenvalue weighted by Crippen LogP contribution is 2.48. The van der Waals surface area contributed by atoms with Crippen molar-refractivity contribution in [1.82, 2.24) is 29.5 Å². The number of benzene rings is 3. The Bertz CT molecular complexity index is 2910. The summed E-state index contributed by atoms with van der Waals surface area (Å²) in [6.07, 6.45) is 6.62. The number of aromatic nitrogens is 3. The molecule has 17 heteroatoms. The molecule has 3 fully saturated rings. The first-order valence-corrected chi connectivity index (χ1v) is 23.1. The number of rotatable bonds is 12. The number of oxazole rings is 1. The Hall–Kier alpha value is -5.26. The minimum Gasteiger partial charge on any atom is -0.432 e. The van der Waals surface area contributed by atoms with Crippen molar-refractivity contribution in [3.8, 4) is 28.3 Å². The SMILES string of the molecule is Cc1c(-c2nc3cc4c(c(OC(F)F)c3o2)CC[C@H]4N2CC[C@@H](C(=O)NS(=O)(=O)C3(C)CC3)C2)cccc1-c1cccc(Nc2nccc3cc(CN4CC[C@@H](O)C4)cnc23)c1Cl. The summed E-state index contributed by atoms with van der Waals surface area (Å²) in [7, 11) is -3.76. The first kappa shape index (κ1) is 41.7. The van der Waals surface area contributed by atoms with E-state index in [0.717, 1.165) is 46.2 Å². The van der Waals surface area contributed by atoms with E-state index in [0.29, 0.717) is 97.0 Å². The van der Waals surface area contributed by atoms with E-state index in [1.54, 1.807) is 13.1 Å². The smallest absolute Gasteiger partial charge is 0.387 e. The van der Waals surface area contributed by atoms with Gasteiger partial charge in [-0.05, 0) is 112 Å². The van der Waals surface area contributed by atoms with Gasteiger partial charge in [-0.15, -0.1) is 0 Å². The van der Waals surface area contributed by atoms with E-state index in [-0.39, 0.29) is 29.4 Å². The van der Waals surface area contributed by atoms with Gasteiger partial charge in [0.1, 0.15) is 11.0 Å². The summed E-state index contributed by atoms with van der Waals surface area (Å²) < 4.78 is 66.6. The molecular formula is C46H46ClF2N7O6S. The number of amides is 1. The number of carbonyl (C=O) groups excluding carboxylic acids is 1. The monoisotopic (exact) mass is 897 g/mol. The van der Waals surface area contributed by atoms with Crippen molar-refractivity contribution in [2.75, 3.05) is 31.5 Å². The quantitative estimate of drug-likeness (QED) is 0.108. The lowest BCUT2D eigenvalue weighted by molar-refractivity contribution is -0.122. The number of carbonyl (C=O) groups is 1. The lowest BCUT2D eigenvalue weighted by atomic mass is 9.96. The van der Waals surface area contributed by atoms with Gasteiger partial charge in [-0.25, -0.2) is 18.4 Å². The van der Waals surface area contributed by atoms with Crippen LogP contribution in [0, 0.1) is 12.8 Å².